The third-order valence-electron chi connectivity index (χ3n) is 4.20. The molecular weight excluding hydrogens is 342 g/mol. The van der Waals surface area contributed by atoms with E-state index < -0.39 is 0 Å². The molecule has 0 unspecified atom stereocenters. The van der Waals surface area contributed by atoms with Gasteiger partial charge < -0.3 is 16.0 Å². The van der Waals surface area contributed by atoms with Crippen LogP contribution in [0.25, 0.3) is 0 Å². The molecule has 0 atom stereocenters. The van der Waals surface area contributed by atoms with Gasteiger partial charge in [0.15, 0.2) is 0 Å². The van der Waals surface area contributed by atoms with Crippen molar-refractivity contribution < 1.29 is 14.4 Å². The van der Waals surface area contributed by atoms with Crippen LogP contribution >= 0.6 is 0 Å². The first kappa shape index (κ1) is 18.6. The van der Waals surface area contributed by atoms with Crippen LogP contribution in [-0.2, 0) is 16.0 Å². The Morgan fingerprint density at radius 2 is 1.70 bits per heavy atom. The Hall–Kier alpha value is -3.15. The van der Waals surface area contributed by atoms with Gasteiger partial charge in [0.1, 0.15) is 0 Å². The maximum absolute atomic E-state index is 12.1. The van der Waals surface area contributed by atoms with E-state index >= 15 is 0 Å². The molecule has 0 radical (unpaired) electrons. The molecule has 0 aliphatic heterocycles. The van der Waals surface area contributed by atoms with Crippen LogP contribution < -0.4 is 16.0 Å². The first-order valence-corrected chi connectivity index (χ1v) is 9.11. The van der Waals surface area contributed by atoms with E-state index in [0.29, 0.717) is 17.7 Å². The van der Waals surface area contributed by atoms with Gasteiger partial charge in [-0.1, -0.05) is 36.4 Å². The molecule has 6 nitrogen and oxygen atoms in total. The summed E-state index contributed by atoms with van der Waals surface area (Å²) in [5, 5.41) is 8.42. The number of rotatable bonds is 8. The molecule has 3 rings (SSSR count). The van der Waals surface area contributed by atoms with Crippen molar-refractivity contribution in [2.45, 2.75) is 31.7 Å². The van der Waals surface area contributed by atoms with Crippen LogP contribution in [0.3, 0.4) is 0 Å². The summed E-state index contributed by atoms with van der Waals surface area (Å²) in [4.78, 5) is 36.0. The summed E-state index contributed by atoms with van der Waals surface area (Å²) in [7, 11) is 0. The molecule has 2 aromatic rings. The van der Waals surface area contributed by atoms with E-state index in [1.807, 2.05) is 30.3 Å². The topological polar surface area (TPSA) is 87.3 Å². The molecule has 0 bridgehead atoms. The fourth-order valence-electron chi connectivity index (χ4n) is 2.62. The monoisotopic (exact) mass is 365 g/mol. The molecule has 0 heterocycles. The third-order valence-corrected chi connectivity index (χ3v) is 4.20. The highest BCUT2D eigenvalue weighted by Crippen LogP contribution is 2.20. The molecule has 0 aromatic heterocycles. The first-order valence-electron chi connectivity index (χ1n) is 9.11. The molecule has 3 amide bonds. The fourth-order valence-corrected chi connectivity index (χ4v) is 2.62. The van der Waals surface area contributed by atoms with Crippen LogP contribution in [-0.4, -0.2) is 30.3 Å². The lowest BCUT2D eigenvalue weighted by molar-refractivity contribution is -0.120. The van der Waals surface area contributed by atoms with Crippen molar-refractivity contribution in [2.24, 2.45) is 0 Å². The highest BCUT2D eigenvalue weighted by atomic mass is 16.2. The predicted molar refractivity (Wildman–Crippen MR) is 103 cm³/mol. The van der Waals surface area contributed by atoms with Crippen molar-refractivity contribution in [2.75, 3.05) is 11.9 Å². The Bertz CT molecular complexity index is 816. The summed E-state index contributed by atoms with van der Waals surface area (Å²) in [5.74, 6) is -0.454. The van der Waals surface area contributed by atoms with Crippen molar-refractivity contribution in [3.63, 3.8) is 0 Å². The van der Waals surface area contributed by atoms with Crippen LogP contribution in [0.1, 0.15) is 35.2 Å². The van der Waals surface area contributed by atoms with Crippen LogP contribution in [0.5, 0.6) is 0 Å². The molecule has 1 fully saturated rings. The number of benzene rings is 2. The summed E-state index contributed by atoms with van der Waals surface area (Å²) in [6.07, 6.45) is 2.51. The molecule has 140 valence electrons. The Balaban J connectivity index is 1.41. The van der Waals surface area contributed by atoms with Gasteiger partial charge in [0.25, 0.3) is 5.91 Å². The molecule has 27 heavy (non-hydrogen) atoms. The summed E-state index contributed by atoms with van der Waals surface area (Å²) in [6, 6.07) is 16.6. The number of carbonyl (C=O) groups is 3. The second-order valence-corrected chi connectivity index (χ2v) is 6.64. The van der Waals surface area contributed by atoms with Crippen molar-refractivity contribution in [3.05, 3.63) is 65.7 Å². The number of carbonyl (C=O) groups excluding carboxylic acids is 3. The van der Waals surface area contributed by atoms with Gasteiger partial charge in [0, 0.05) is 30.3 Å². The molecule has 6 heteroatoms. The molecular formula is C21H23N3O3. The van der Waals surface area contributed by atoms with Crippen molar-refractivity contribution in [1.29, 1.82) is 0 Å². The summed E-state index contributed by atoms with van der Waals surface area (Å²) in [6.45, 7) is 0.263. The van der Waals surface area contributed by atoms with E-state index in [4.69, 9.17) is 0 Å². The Morgan fingerprint density at radius 3 is 2.44 bits per heavy atom. The minimum absolute atomic E-state index is 0.118. The summed E-state index contributed by atoms with van der Waals surface area (Å²) >= 11 is 0. The third kappa shape index (κ3) is 6.26. The number of hydrogen-bond donors (Lipinski definition) is 3. The zero-order valence-electron chi connectivity index (χ0n) is 15.0. The molecule has 1 aliphatic carbocycles. The summed E-state index contributed by atoms with van der Waals surface area (Å²) in [5.41, 5.74) is 2.02. The summed E-state index contributed by atoms with van der Waals surface area (Å²) < 4.78 is 0. The number of nitrogens with one attached hydrogen (secondary N) is 3. The lowest BCUT2D eigenvalue weighted by Gasteiger charge is -2.09. The largest absolute Gasteiger partial charge is 0.355 e. The zero-order valence-corrected chi connectivity index (χ0v) is 15.0. The minimum Gasteiger partial charge on any atom is -0.355 e. The van der Waals surface area contributed by atoms with Gasteiger partial charge in [-0.25, -0.2) is 0 Å². The Labute approximate surface area is 158 Å². The van der Waals surface area contributed by atoms with Gasteiger partial charge in [-0.2, -0.15) is 0 Å². The van der Waals surface area contributed by atoms with Gasteiger partial charge >= 0.3 is 0 Å². The van der Waals surface area contributed by atoms with Gasteiger partial charge in [-0.3, -0.25) is 14.4 Å². The highest BCUT2D eigenvalue weighted by molar-refractivity contribution is 5.97. The minimum atomic E-state index is -0.213. The van der Waals surface area contributed by atoms with Crippen molar-refractivity contribution in [3.8, 4) is 0 Å². The van der Waals surface area contributed by atoms with Gasteiger partial charge in [0.05, 0.1) is 6.42 Å². The van der Waals surface area contributed by atoms with Gasteiger partial charge in [0.2, 0.25) is 11.8 Å². The van der Waals surface area contributed by atoms with E-state index in [9.17, 15) is 14.4 Å². The lowest BCUT2D eigenvalue weighted by atomic mass is 10.1. The number of anilines is 1. The van der Waals surface area contributed by atoms with Crippen molar-refractivity contribution >= 4 is 23.4 Å². The standard InChI is InChI=1S/C21H23N3O3/c25-19(11-12-22-20(26)13-15-5-2-1-3-6-15)23-18-8-4-7-16(14-18)21(27)24-17-9-10-17/h1-8,14,17H,9-13H2,(H,22,26)(H,23,25)(H,24,27). The average molecular weight is 365 g/mol. The number of hydrogen-bond acceptors (Lipinski definition) is 3. The average Bonchev–Trinajstić information content (AvgIpc) is 3.46. The quantitative estimate of drug-likeness (QED) is 0.671. The second-order valence-electron chi connectivity index (χ2n) is 6.64. The second kappa shape index (κ2) is 8.98. The maximum Gasteiger partial charge on any atom is 0.251 e. The van der Waals surface area contributed by atoms with E-state index in [-0.39, 0.29) is 36.7 Å². The fraction of sp³-hybridized carbons (Fsp3) is 0.286. The van der Waals surface area contributed by atoms with Crippen LogP contribution in [0.4, 0.5) is 5.69 Å². The van der Waals surface area contributed by atoms with E-state index in [1.165, 1.54) is 0 Å². The molecule has 3 N–H and O–H groups in total. The van der Waals surface area contributed by atoms with Gasteiger partial charge in [-0.05, 0) is 36.6 Å². The predicted octanol–water partition coefficient (Wildman–Crippen LogP) is 2.27. The lowest BCUT2D eigenvalue weighted by Crippen LogP contribution is -2.29. The van der Waals surface area contributed by atoms with Crippen LogP contribution in [0.15, 0.2) is 54.6 Å². The maximum atomic E-state index is 12.1. The molecule has 2 aromatic carbocycles. The Kier molecular flexibility index (Phi) is 6.20. The van der Waals surface area contributed by atoms with E-state index in [2.05, 4.69) is 16.0 Å². The van der Waals surface area contributed by atoms with Gasteiger partial charge in [-0.15, -0.1) is 0 Å². The Morgan fingerprint density at radius 1 is 0.926 bits per heavy atom. The zero-order chi connectivity index (χ0) is 19.1. The molecule has 1 aliphatic rings. The SMILES string of the molecule is O=C(Cc1ccccc1)NCCC(=O)Nc1cccc(C(=O)NC2CC2)c1. The first-order chi connectivity index (χ1) is 13.1. The van der Waals surface area contributed by atoms with E-state index in [1.54, 1.807) is 24.3 Å². The van der Waals surface area contributed by atoms with E-state index in [0.717, 1.165) is 18.4 Å². The normalized spacial score (nSPS) is 12.9. The van der Waals surface area contributed by atoms with Crippen LogP contribution in [0, 0.1) is 0 Å². The van der Waals surface area contributed by atoms with Crippen molar-refractivity contribution in [1.82, 2.24) is 10.6 Å². The highest BCUT2D eigenvalue weighted by Gasteiger charge is 2.23. The number of amides is 3. The van der Waals surface area contributed by atoms with Crippen LogP contribution in [0.2, 0.25) is 0 Å². The molecule has 0 spiro atoms. The molecule has 1 saturated carbocycles. The smallest absolute Gasteiger partial charge is 0.251 e. The molecule has 0 saturated heterocycles.